The molecule has 0 radical (unpaired) electrons. The summed E-state index contributed by atoms with van der Waals surface area (Å²) in [6.45, 7) is 1.89. The molecule has 138 valence electrons. The lowest BCUT2D eigenvalue weighted by molar-refractivity contribution is 0.520. The zero-order chi connectivity index (χ0) is 19.1. The maximum absolute atomic E-state index is 12.6. The molecular formula is C16H17N3O4S3. The van der Waals surface area contributed by atoms with Crippen molar-refractivity contribution in [2.75, 3.05) is 18.8 Å². The van der Waals surface area contributed by atoms with Crippen LogP contribution in [0.2, 0.25) is 0 Å². The van der Waals surface area contributed by atoms with Crippen molar-refractivity contribution in [2.45, 2.75) is 16.7 Å². The topological polar surface area (TPSA) is 96.4 Å². The fraction of sp³-hybridized carbons (Fsp3) is 0.188. The van der Waals surface area contributed by atoms with Gasteiger partial charge in [-0.15, -0.1) is 11.3 Å². The third-order valence-corrected chi connectivity index (χ3v) is 7.82. The van der Waals surface area contributed by atoms with Crippen LogP contribution >= 0.6 is 11.3 Å². The molecule has 0 atom stereocenters. The SMILES string of the molecule is Cc1nc2ccc(NS(=O)(=O)c3ccc(S(=O)(=O)N(C)C)cc3)cc2s1. The van der Waals surface area contributed by atoms with Crippen LogP contribution in [0.15, 0.2) is 52.3 Å². The Bertz CT molecular complexity index is 1170. The monoisotopic (exact) mass is 411 g/mol. The number of anilines is 1. The van der Waals surface area contributed by atoms with Gasteiger partial charge >= 0.3 is 0 Å². The Labute approximate surface area is 156 Å². The number of benzene rings is 2. The Morgan fingerprint density at radius 2 is 1.58 bits per heavy atom. The van der Waals surface area contributed by atoms with E-state index in [9.17, 15) is 16.8 Å². The van der Waals surface area contributed by atoms with Crippen LogP contribution in [0.5, 0.6) is 0 Å². The van der Waals surface area contributed by atoms with Crippen molar-refractivity contribution >= 4 is 47.3 Å². The lowest BCUT2D eigenvalue weighted by Crippen LogP contribution is -2.22. The molecule has 1 aromatic heterocycles. The van der Waals surface area contributed by atoms with Crippen molar-refractivity contribution in [3.05, 3.63) is 47.5 Å². The lowest BCUT2D eigenvalue weighted by atomic mass is 10.3. The van der Waals surface area contributed by atoms with Crippen molar-refractivity contribution in [2.24, 2.45) is 0 Å². The normalized spacial score (nSPS) is 12.6. The maximum Gasteiger partial charge on any atom is 0.261 e. The van der Waals surface area contributed by atoms with Crippen LogP contribution in [-0.4, -0.2) is 40.2 Å². The van der Waals surface area contributed by atoms with Gasteiger partial charge in [-0.25, -0.2) is 26.1 Å². The standard InChI is InChI=1S/C16H17N3O4S3/c1-11-17-15-9-4-12(10-16(15)24-11)18-25(20,21)13-5-7-14(8-6-13)26(22,23)19(2)3/h4-10,18H,1-3H3. The zero-order valence-electron chi connectivity index (χ0n) is 14.3. The van der Waals surface area contributed by atoms with Crippen LogP contribution in [0.4, 0.5) is 5.69 Å². The Morgan fingerprint density at radius 3 is 2.19 bits per heavy atom. The van der Waals surface area contributed by atoms with Gasteiger partial charge in [0.25, 0.3) is 10.0 Å². The second-order valence-electron chi connectivity index (χ2n) is 5.78. The number of sulfonamides is 2. The van der Waals surface area contributed by atoms with Gasteiger partial charge in [-0.1, -0.05) is 0 Å². The predicted octanol–water partition coefficient (Wildman–Crippen LogP) is 2.66. The summed E-state index contributed by atoms with van der Waals surface area (Å²) in [7, 11) is -4.61. The molecule has 10 heteroatoms. The van der Waals surface area contributed by atoms with Gasteiger partial charge in [0, 0.05) is 14.1 Å². The molecule has 7 nitrogen and oxygen atoms in total. The lowest BCUT2D eigenvalue weighted by Gasteiger charge is -2.12. The Morgan fingerprint density at radius 1 is 0.962 bits per heavy atom. The first-order valence-electron chi connectivity index (χ1n) is 7.52. The molecule has 0 saturated heterocycles. The Kier molecular flexibility index (Phi) is 4.78. The molecule has 26 heavy (non-hydrogen) atoms. The highest BCUT2D eigenvalue weighted by Crippen LogP contribution is 2.26. The summed E-state index contributed by atoms with van der Waals surface area (Å²) >= 11 is 1.48. The van der Waals surface area contributed by atoms with E-state index in [0.29, 0.717) is 5.69 Å². The van der Waals surface area contributed by atoms with E-state index in [-0.39, 0.29) is 9.79 Å². The third-order valence-electron chi connectivity index (χ3n) is 3.66. The zero-order valence-corrected chi connectivity index (χ0v) is 16.7. The van der Waals surface area contributed by atoms with Gasteiger partial charge in [0.2, 0.25) is 10.0 Å². The number of nitrogens with one attached hydrogen (secondary N) is 1. The fourth-order valence-corrected chi connectivity index (χ4v) is 5.14. The van der Waals surface area contributed by atoms with Crippen LogP contribution in [0.1, 0.15) is 5.01 Å². The summed E-state index contributed by atoms with van der Waals surface area (Å²) in [5, 5.41) is 0.901. The van der Waals surface area contributed by atoms with E-state index < -0.39 is 20.0 Å². The van der Waals surface area contributed by atoms with Gasteiger partial charge in [0.05, 0.1) is 30.7 Å². The van der Waals surface area contributed by atoms with E-state index >= 15 is 0 Å². The third kappa shape index (κ3) is 3.58. The predicted molar refractivity (Wildman–Crippen MR) is 102 cm³/mol. The van der Waals surface area contributed by atoms with Crippen molar-refractivity contribution < 1.29 is 16.8 Å². The second-order valence-corrected chi connectivity index (χ2v) is 10.8. The van der Waals surface area contributed by atoms with E-state index in [1.54, 1.807) is 18.2 Å². The molecule has 3 rings (SSSR count). The molecule has 2 aromatic carbocycles. The van der Waals surface area contributed by atoms with Crippen LogP contribution in [-0.2, 0) is 20.0 Å². The quantitative estimate of drug-likeness (QED) is 0.696. The molecule has 0 aliphatic rings. The first kappa shape index (κ1) is 18.8. The van der Waals surface area contributed by atoms with E-state index in [1.165, 1.54) is 49.7 Å². The van der Waals surface area contributed by atoms with Crippen molar-refractivity contribution in [1.82, 2.24) is 9.29 Å². The minimum atomic E-state index is -3.83. The first-order valence-corrected chi connectivity index (χ1v) is 11.3. The molecular weight excluding hydrogens is 394 g/mol. The van der Waals surface area contributed by atoms with Crippen LogP contribution in [0.3, 0.4) is 0 Å². The minimum Gasteiger partial charge on any atom is -0.280 e. The smallest absolute Gasteiger partial charge is 0.261 e. The summed E-state index contributed by atoms with van der Waals surface area (Å²) in [6, 6.07) is 10.2. The van der Waals surface area contributed by atoms with Gasteiger partial charge in [-0.05, 0) is 49.4 Å². The summed E-state index contributed by atoms with van der Waals surface area (Å²) in [5.74, 6) is 0. The maximum atomic E-state index is 12.6. The summed E-state index contributed by atoms with van der Waals surface area (Å²) in [5.41, 5.74) is 1.24. The van der Waals surface area contributed by atoms with Gasteiger partial charge in [0.15, 0.2) is 0 Å². The van der Waals surface area contributed by atoms with Gasteiger partial charge < -0.3 is 0 Å². The number of aryl methyl sites for hydroxylation is 1. The van der Waals surface area contributed by atoms with Crippen molar-refractivity contribution in [3.63, 3.8) is 0 Å². The molecule has 0 aliphatic heterocycles. The van der Waals surface area contributed by atoms with Crippen molar-refractivity contribution in [3.8, 4) is 0 Å². The van der Waals surface area contributed by atoms with E-state index in [4.69, 9.17) is 0 Å². The van der Waals surface area contributed by atoms with Gasteiger partial charge in [-0.3, -0.25) is 4.72 Å². The van der Waals surface area contributed by atoms with Crippen LogP contribution < -0.4 is 4.72 Å². The number of aromatic nitrogens is 1. The average Bonchev–Trinajstić information content (AvgIpc) is 2.93. The largest absolute Gasteiger partial charge is 0.280 e. The minimum absolute atomic E-state index is 0.0178. The molecule has 0 amide bonds. The molecule has 0 fully saturated rings. The second kappa shape index (κ2) is 6.62. The van der Waals surface area contributed by atoms with E-state index in [1.807, 2.05) is 6.92 Å². The van der Waals surface area contributed by atoms with Crippen LogP contribution in [0.25, 0.3) is 10.2 Å². The summed E-state index contributed by atoms with van der Waals surface area (Å²) < 4.78 is 53.7. The van der Waals surface area contributed by atoms with Crippen molar-refractivity contribution in [1.29, 1.82) is 0 Å². The van der Waals surface area contributed by atoms with E-state index in [0.717, 1.165) is 19.5 Å². The highest BCUT2D eigenvalue weighted by molar-refractivity contribution is 7.92. The molecule has 0 spiro atoms. The molecule has 0 unspecified atom stereocenters. The Hall–Kier alpha value is -2.01. The fourth-order valence-electron chi connectivity index (χ4n) is 2.32. The van der Waals surface area contributed by atoms with Gasteiger partial charge in [-0.2, -0.15) is 0 Å². The van der Waals surface area contributed by atoms with E-state index in [2.05, 4.69) is 9.71 Å². The summed E-state index contributed by atoms with van der Waals surface area (Å²) in [6.07, 6.45) is 0. The first-order chi connectivity index (χ1) is 12.1. The van der Waals surface area contributed by atoms with Crippen LogP contribution in [0, 0.1) is 6.92 Å². The number of thiazole rings is 1. The molecule has 1 heterocycles. The average molecular weight is 412 g/mol. The highest BCUT2D eigenvalue weighted by atomic mass is 32.2. The van der Waals surface area contributed by atoms with Gasteiger partial charge in [0.1, 0.15) is 0 Å². The number of nitrogens with zero attached hydrogens (tertiary/aromatic N) is 2. The Balaban J connectivity index is 1.89. The number of fused-ring (bicyclic) bond motifs is 1. The molecule has 1 N–H and O–H groups in total. The molecule has 0 bridgehead atoms. The number of rotatable bonds is 5. The summed E-state index contributed by atoms with van der Waals surface area (Å²) in [4.78, 5) is 4.35. The molecule has 0 saturated carbocycles. The molecule has 0 aliphatic carbocycles. The highest BCUT2D eigenvalue weighted by Gasteiger charge is 2.20. The number of hydrogen-bond donors (Lipinski definition) is 1. The molecule has 3 aromatic rings. The number of hydrogen-bond acceptors (Lipinski definition) is 6.